The molecule has 1 saturated carbocycles. The second-order valence-corrected chi connectivity index (χ2v) is 7.89. The highest BCUT2D eigenvalue weighted by atomic mass is 16.2. The number of rotatable bonds is 4. The molecule has 1 heterocycles. The van der Waals surface area contributed by atoms with Crippen molar-refractivity contribution in [1.82, 2.24) is 4.90 Å². The number of Topliss-reactive ketones (excluding diaryl/α,β-unsaturated/α-hetero) is 1. The van der Waals surface area contributed by atoms with E-state index in [0.717, 1.165) is 6.42 Å². The van der Waals surface area contributed by atoms with Crippen molar-refractivity contribution in [2.24, 2.45) is 11.8 Å². The molecule has 0 unspecified atom stereocenters. The molecule has 7 nitrogen and oxygen atoms in total. The normalized spacial score (nSPS) is 24.4. The van der Waals surface area contributed by atoms with Gasteiger partial charge in [0, 0.05) is 38.3 Å². The second kappa shape index (κ2) is 8.12. The van der Waals surface area contributed by atoms with Crippen LogP contribution in [-0.4, -0.2) is 48.0 Å². The molecule has 1 aliphatic heterocycles. The molecule has 2 aliphatic rings. The lowest BCUT2D eigenvalue weighted by molar-refractivity contribution is -0.135. The Kier molecular flexibility index (Phi) is 5.82. The van der Waals surface area contributed by atoms with Crippen molar-refractivity contribution in [1.29, 1.82) is 0 Å². The standard InChI is InChI=1S/C21H27N3O4/c1-13-10-19(26)22-16-6-4-5-7-17(16)24(13)21(28)12-23(3)20(27)11-15-8-9-18(25)14(15)2/h4-7,13-15H,8-12H2,1-3H3,(H,22,26)/t13-,14-,15+/m0/s1. The number of carbonyl (C=O) groups is 4. The molecule has 0 aromatic heterocycles. The highest BCUT2D eigenvalue weighted by Crippen LogP contribution is 2.32. The Balaban J connectivity index is 1.70. The van der Waals surface area contributed by atoms with E-state index in [0.29, 0.717) is 17.8 Å². The molecule has 0 saturated heterocycles. The van der Waals surface area contributed by atoms with Crippen molar-refractivity contribution < 1.29 is 19.2 Å². The Morgan fingerprint density at radius 3 is 2.61 bits per heavy atom. The van der Waals surface area contributed by atoms with Crippen molar-refractivity contribution in [3.8, 4) is 0 Å². The second-order valence-electron chi connectivity index (χ2n) is 7.89. The van der Waals surface area contributed by atoms with Crippen molar-refractivity contribution in [2.45, 2.75) is 45.6 Å². The molecular weight excluding hydrogens is 358 g/mol. The van der Waals surface area contributed by atoms with Gasteiger partial charge in [0.2, 0.25) is 17.7 Å². The van der Waals surface area contributed by atoms with Crippen LogP contribution in [0.5, 0.6) is 0 Å². The van der Waals surface area contributed by atoms with Crippen LogP contribution in [0.4, 0.5) is 11.4 Å². The van der Waals surface area contributed by atoms with Gasteiger partial charge in [0.25, 0.3) is 0 Å². The van der Waals surface area contributed by atoms with E-state index in [1.54, 1.807) is 30.1 Å². The summed E-state index contributed by atoms with van der Waals surface area (Å²) in [7, 11) is 1.61. The van der Waals surface area contributed by atoms with Crippen LogP contribution in [0.2, 0.25) is 0 Å². The molecular formula is C21H27N3O4. The third-order valence-electron chi connectivity index (χ3n) is 5.84. The lowest BCUT2D eigenvalue weighted by Crippen LogP contribution is -2.45. The van der Waals surface area contributed by atoms with E-state index >= 15 is 0 Å². The topological polar surface area (TPSA) is 86.8 Å². The minimum atomic E-state index is -0.313. The summed E-state index contributed by atoms with van der Waals surface area (Å²) in [6.07, 6.45) is 1.74. The largest absolute Gasteiger partial charge is 0.336 e. The van der Waals surface area contributed by atoms with Crippen LogP contribution in [0.1, 0.15) is 39.5 Å². The molecule has 1 N–H and O–H groups in total. The van der Waals surface area contributed by atoms with Gasteiger partial charge in [-0.15, -0.1) is 0 Å². The molecule has 28 heavy (non-hydrogen) atoms. The molecule has 7 heteroatoms. The maximum atomic E-state index is 13.0. The molecule has 0 radical (unpaired) electrons. The fourth-order valence-corrected chi connectivity index (χ4v) is 4.06. The molecule has 3 atom stereocenters. The van der Waals surface area contributed by atoms with E-state index in [4.69, 9.17) is 0 Å². The molecule has 0 bridgehead atoms. The summed E-state index contributed by atoms with van der Waals surface area (Å²) >= 11 is 0. The van der Waals surface area contributed by atoms with E-state index in [2.05, 4.69) is 5.32 Å². The van der Waals surface area contributed by atoms with Gasteiger partial charge in [-0.05, 0) is 31.4 Å². The van der Waals surface area contributed by atoms with Crippen LogP contribution in [0.3, 0.4) is 0 Å². The number of nitrogens with one attached hydrogen (secondary N) is 1. The Labute approximate surface area is 165 Å². The number of benzene rings is 1. The van der Waals surface area contributed by atoms with Gasteiger partial charge < -0.3 is 15.1 Å². The number of nitrogens with zero attached hydrogens (tertiary/aromatic N) is 2. The summed E-state index contributed by atoms with van der Waals surface area (Å²) in [6.45, 7) is 3.63. The van der Waals surface area contributed by atoms with E-state index in [9.17, 15) is 19.2 Å². The van der Waals surface area contributed by atoms with Crippen molar-refractivity contribution in [2.75, 3.05) is 23.8 Å². The SMILES string of the molecule is C[C@@H]1C(=O)CC[C@@H]1CC(=O)N(C)CC(=O)N1c2ccccc2NC(=O)C[C@@H]1C. The number of ketones is 1. The number of carbonyl (C=O) groups excluding carboxylic acids is 4. The van der Waals surface area contributed by atoms with E-state index in [1.807, 2.05) is 19.9 Å². The fourth-order valence-electron chi connectivity index (χ4n) is 4.06. The predicted molar refractivity (Wildman–Crippen MR) is 106 cm³/mol. The number of anilines is 2. The van der Waals surface area contributed by atoms with Gasteiger partial charge in [-0.3, -0.25) is 19.2 Å². The maximum absolute atomic E-state index is 13.0. The number of amides is 3. The third-order valence-corrected chi connectivity index (χ3v) is 5.84. The van der Waals surface area contributed by atoms with Gasteiger partial charge in [-0.2, -0.15) is 0 Å². The lowest BCUT2D eigenvalue weighted by Gasteiger charge is -2.30. The van der Waals surface area contributed by atoms with Crippen molar-refractivity contribution >= 4 is 34.9 Å². The molecule has 1 fully saturated rings. The maximum Gasteiger partial charge on any atom is 0.246 e. The molecule has 1 aliphatic carbocycles. The van der Waals surface area contributed by atoms with Crippen LogP contribution in [-0.2, 0) is 19.2 Å². The first-order valence-corrected chi connectivity index (χ1v) is 9.75. The minimum absolute atomic E-state index is 0.0530. The van der Waals surface area contributed by atoms with Crippen LogP contribution in [0.15, 0.2) is 24.3 Å². The number of fused-ring (bicyclic) bond motifs is 1. The number of likely N-dealkylation sites (N-methyl/N-ethyl adjacent to an activating group) is 1. The molecule has 3 amide bonds. The van der Waals surface area contributed by atoms with Gasteiger partial charge in [0.05, 0.1) is 17.9 Å². The number of para-hydroxylation sites is 2. The first kappa shape index (κ1) is 20.0. The van der Waals surface area contributed by atoms with E-state index < -0.39 is 0 Å². The average Bonchev–Trinajstić information content (AvgIpc) is 2.87. The molecule has 3 rings (SSSR count). The summed E-state index contributed by atoms with van der Waals surface area (Å²) in [4.78, 5) is 52.4. The van der Waals surface area contributed by atoms with Crippen LogP contribution in [0.25, 0.3) is 0 Å². The first-order chi connectivity index (χ1) is 13.3. The summed E-state index contributed by atoms with van der Waals surface area (Å²) in [5.74, 6) is -0.337. The quantitative estimate of drug-likeness (QED) is 0.861. The highest BCUT2D eigenvalue weighted by Gasteiger charge is 2.34. The van der Waals surface area contributed by atoms with Gasteiger partial charge in [-0.1, -0.05) is 19.1 Å². The fraction of sp³-hybridized carbons (Fsp3) is 0.524. The van der Waals surface area contributed by atoms with Gasteiger partial charge >= 0.3 is 0 Å². The Morgan fingerprint density at radius 1 is 1.21 bits per heavy atom. The van der Waals surface area contributed by atoms with E-state index in [-0.39, 0.29) is 60.8 Å². The van der Waals surface area contributed by atoms with Crippen LogP contribution >= 0.6 is 0 Å². The van der Waals surface area contributed by atoms with Crippen molar-refractivity contribution in [3.63, 3.8) is 0 Å². The number of hydrogen-bond acceptors (Lipinski definition) is 4. The molecule has 150 valence electrons. The molecule has 1 aromatic carbocycles. The van der Waals surface area contributed by atoms with Crippen LogP contribution < -0.4 is 10.2 Å². The molecule has 1 aromatic rings. The Bertz CT molecular complexity index is 807. The van der Waals surface area contributed by atoms with Crippen LogP contribution in [0, 0.1) is 11.8 Å². The molecule has 0 spiro atoms. The smallest absolute Gasteiger partial charge is 0.246 e. The number of hydrogen-bond donors (Lipinski definition) is 1. The summed E-state index contributed by atoms with van der Waals surface area (Å²) in [6, 6.07) is 6.86. The van der Waals surface area contributed by atoms with Gasteiger partial charge in [0.1, 0.15) is 5.78 Å². The zero-order valence-corrected chi connectivity index (χ0v) is 16.6. The van der Waals surface area contributed by atoms with E-state index in [1.165, 1.54) is 4.90 Å². The van der Waals surface area contributed by atoms with Gasteiger partial charge in [0.15, 0.2) is 0 Å². The summed E-state index contributed by atoms with van der Waals surface area (Å²) < 4.78 is 0. The minimum Gasteiger partial charge on any atom is -0.336 e. The Hall–Kier alpha value is -2.70. The highest BCUT2D eigenvalue weighted by molar-refractivity contribution is 6.05. The average molecular weight is 385 g/mol. The first-order valence-electron chi connectivity index (χ1n) is 9.75. The lowest BCUT2D eigenvalue weighted by atomic mass is 9.94. The zero-order chi connectivity index (χ0) is 20.4. The Morgan fingerprint density at radius 2 is 1.93 bits per heavy atom. The third kappa shape index (κ3) is 4.08. The monoisotopic (exact) mass is 385 g/mol. The summed E-state index contributed by atoms with van der Waals surface area (Å²) in [5, 5.41) is 2.83. The summed E-state index contributed by atoms with van der Waals surface area (Å²) in [5.41, 5.74) is 1.24. The zero-order valence-electron chi connectivity index (χ0n) is 16.6. The van der Waals surface area contributed by atoms with Crippen molar-refractivity contribution in [3.05, 3.63) is 24.3 Å². The van der Waals surface area contributed by atoms with Gasteiger partial charge in [-0.25, -0.2) is 0 Å². The predicted octanol–water partition coefficient (Wildman–Crippen LogP) is 2.21.